The first-order chi connectivity index (χ1) is 13.6. The van der Waals surface area contributed by atoms with Gasteiger partial charge in [-0.2, -0.15) is 0 Å². The molecule has 5 rings (SSSR count). The molecule has 0 radical (unpaired) electrons. The van der Waals surface area contributed by atoms with Crippen LogP contribution in [0.1, 0.15) is 17.0 Å². The van der Waals surface area contributed by atoms with Gasteiger partial charge in [-0.15, -0.1) is 0 Å². The SMILES string of the molecule is O=C(O)[C@@H]1O[C@H]2CN(C(=O)OCC3c4ccccc4-c4ccccc43)C[C@@H]1O2. The molecule has 2 aromatic carbocycles. The van der Waals surface area contributed by atoms with Crippen LogP contribution in [0.15, 0.2) is 48.5 Å². The molecule has 1 N–H and O–H groups in total. The molecule has 0 saturated carbocycles. The summed E-state index contributed by atoms with van der Waals surface area (Å²) in [5.41, 5.74) is 4.63. The summed E-state index contributed by atoms with van der Waals surface area (Å²) in [6.45, 7) is 0.532. The van der Waals surface area contributed by atoms with Crippen LogP contribution in [0.4, 0.5) is 4.79 Å². The molecule has 3 atom stereocenters. The topological polar surface area (TPSA) is 85.3 Å². The Morgan fingerprint density at radius 3 is 2.29 bits per heavy atom. The van der Waals surface area contributed by atoms with Crippen LogP contribution in [-0.4, -0.2) is 60.3 Å². The molecular weight excluding hydrogens is 362 g/mol. The van der Waals surface area contributed by atoms with Gasteiger partial charge in [0, 0.05) is 5.92 Å². The van der Waals surface area contributed by atoms with Crippen LogP contribution < -0.4 is 0 Å². The third-order valence-electron chi connectivity index (χ3n) is 5.57. The minimum atomic E-state index is -1.08. The minimum Gasteiger partial charge on any atom is -0.479 e. The number of carbonyl (C=O) groups is 2. The highest BCUT2D eigenvalue weighted by Crippen LogP contribution is 2.44. The fourth-order valence-corrected chi connectivity index (χ4v) is 4.30. The van der Waals surface area contributed by atoms with Crippen LogP contribution in [0, 0.1) is 0 Å². The number of carboxylic acid groups (broad SMARTS) is 1. The maximum Gasteiger partial charge on any atom is 0.410 e. The van der Waals surface area contributed by atoms with E-state index in [1.165, 1.54) is 16.0 Å². The second-order valence-electron chi connectivity index (χ2n) is 7.21. The lowest BCUT2D eigenvalue weighted by Crippen LogP contribution is -2.48. The van der Waals surface area contributed by atoms with E-state index in [2.05, 4.69) is 24.3 Å². The van der Waals surface area contributed by atoms with Gasteiger partial charge in [0.15, 0.2) is 12.4 Å². The van der Waals surface area contributed by atoms with E-state index in [0.717, 1.165) is 11.1 Å². The molecule has 0 aromatic heterocycles. The Labute approximate surface area is 161 Å². The molecule has 1 aliphatic carbocycles. The van der Waals surface area contributed by atoms with Crippen LogP contribution in [0.3, 0.4) is 0 Å². The van der Waals surface area contributed by atoms with Crippen molar-refractivity contribution in [2.45, 2.75) is 24.4 Å². The van der Waals surface area contributed by atoms with Crippen molar-refractivity contribution in [2.24, 2.45) is 0 Å². The van der Waals surface area contributed by atoms with Crippen molar-refractivity contribution >= 4 is 12.1 Å². The number of benzene rings is 2. The highest BCUT2D eigenvalue weighted by atomic mass is 16.7. The van der Waals surface area contributed by atoms with Gasteiger partial charge in [-0.05, 0) is 22.3 Å². The first-order valence-electron chi connectivity index (χ1n) is 9.25. The van der Waals surface area contributed by atoms with Gasteiger partial charge in [0.25, 0.3) is 0 Å². The molecule has 1 amide bonds. The van der Waals surface area contributed by atoms with Gasteiger partial charge in [0.2, 0.25) is 0 Å². The molecule has 2 bridgehead atoms. The third-order valence-corrected chi connectivity index (χ3v) is 5.57. The zero-order valence-corrected chi connectivity index (χ0v) is 15.0. The van der Waals surface area contributed by atoms with Gasteiger partial charge in [-0.1, -0.05) is 48.5 Å². The van der Waals surface area contributed by atoms with Crippen molar-refractivity contribution in [1.29, 1.82) is 0 Å². The Kier molecular flexibility index (Phi) is 4.07. The van der Waals surface area contributed by atoms with E-state index >= 15 is 0 Å². The number of morpholine rings is 1. The molecule has 3 aliphatic rings. The largest absolute Gasteiger partial charge is 0.479 e. The number of carboxylic acids is 1. The Hall–Kier alpha value is -2.90. The number of aliphatic carboxylic acids is 1. The van der Waals surface area contributed by atoms with Gasteiger partial charge in [-0.25, -0.2) is 9.59 Å². The van der Waals surface area contributed by atoms with Crippen molar-refractivity contribution in [3.63, 3.8) is 0 Å². The van der Waals surface area contributed by atoms with Crippen LogP contribution in [0.5, 0.6) is 0 Å². The molecule has 144 valence electrons. The summed E-state index contributed by atoms with van der Waals surface area (Å²) in [4.78, 5) is 25.3. The highest BCUT2D eigenvalue weighted by Gasteiger charge is 2.47. The average molecular weight is 381 g/mol. The van der Waals surface area contributed by atoms with E-state index in [-0.39, 0.29) is 25.6 Å². The predicted octanol–water partition coefficient (Wildman–Crippen LogP) is 2.45. The first kappa shape index (κ1) is 17.2. The normalized spacial score (nSPS) is 25.3. The van der Waals surface area contributed by atoms with E-state index in [0.29, 0.717) is 0 Å². The van der Waals surface area contributed by atoms with Gasteiger partial charge < -0.3 is 24.2 Å². The molecule has 7 heteroatoms. The van der Waals surface area contributed by atoms with E-state index in [1.807, 2.05) is 24.3 Å². The Morgan fingerprint density at radius 2 is 1.64 bits per heavy atom. The number of rotatable bonds is 3. The molecule has 2 aliphatic heterocycles. The summed E-state index contributed by atoms with van der Waals surface area (Å²) in [6, 6.07) is 16.3. The van der Waals surface area contributed by atoms with Gasteiger partial charge in [0.05, 0.1) is 13.1 Å². The number of carbonyl (C=O) groups excluding carboxylic acids is 1. The summed E-state index contributed by atoms with van der Waals surface area (Å²) >= 11 is 0. The smallest absolute Gasteiger partial charge is 0.410 e. The average Bonchev–Trinajstić information content (AvgIpc) is 3.20. The lowest BCUT2D eigenvalue weighted by atomic mass is 9.98. The summed E-state index contributed by atoms with van der Waals surface area (Å²) < 4.78 is 16.4. The first-order valence-corrected chi connectivity index (χ1v) is 9.25. The summed E-state index contributed by atoms with van der Waals surface area (Å²) in [6.07, 6.45) is -2.91. The van der Waals surface area contributed by atoms with Gasteiger partial charge in [-0.3, -0.25) is 0 Å². The summed E-state index contributed by atoms with van der Waals surface area (Å²) in [7, 11) is 0. The Morgan fingerprint density at radius 1 is 1.00 bits per heavy atom. The number of hydrogen-bond acceptors (Lipinski definition) is 5. The van der Waals surface area contributed by atoms with Gasteiger partial charge in [0.1, 0.15) is 12.7 Å². The van der Waals surface area contributed by atoms with Crippen LogP contribution >= 0.6 is 0 Å². The van der Waals surface area contributed by atoms with Crippen molar-refractivity contribution < 1.29 is 28.9 Å². The van der Waals surface area contributed by atoms with E-state index in [4.69, 9.17) is 14.2 Å². The van der Waals surface area contributed by atoms with E-state index in [1.54, 1.807) is 0 Å². The highest BCUT2D eigenvalue weighted by molar-refractivity contribution is 5.79. The fraction of sp³-hybridized carbons (Fsp3) is 0.333. The maximum absolute atomic E-state index is 12.6. The lowest BCUT2D eigenvalue weighted by molar-refractivity contribution is -0.150. The standard InChI is InChI=1S/C21H19NO6/c23-20(24)19-17-9-22(10-18(27-17)28-19)21(25)26-11-16-14-7-3-1-5-12(14)13-6-2-4-8-15(13)16/h1-8,16-19H,9-11H2,(H,23,24)/t17-,18-,19+/m0/s1. The lowest BCUT2D eigenvalue weighted by Gasteiger charge is -2.30. The molecule has 2 saturated heterocycles. The molecular formula is C21H19NO6. The van der Waals surface area contributed by atoms with Crippen molar-refractivity contribution in [3.8, 4) is 11.1 Å². The van der Waals surface area contributed by atoms with Crippen molar-refractivity contribution in [2.75, 3.05) is 19.7 Å². The van der Waals surface area contributed by atoms with E-state index < -0.39 is 30.6 Å². The molecule has 2 fully saturated rings. The molecule has 28 heavy (non-hydrogen) atoms. The molecule has 2 heterocycles. The fourth-order valence-electron chi connectivity index (χ4n) is 4.30. The molecule has 7 nitrogen and oxygen atoms in total. The number of amides is 1. The summed E-state index contributed by atoms with van der Waals surface area (Å²) in [5, 5.41) is 9.18. The Balaban J connectivity index is 1.30. The molecule has 0 unspecified atom stereocenters. The maximum atomic E-state index is 12.6. The summed E-state index contributed by atoms with van der Waals surface area (Å²) in [5.74, 6) is -1.10. The minimum absolute atomic E-state index is 0.0165. The van der Waals surface area contributed by atoms with Crippen LogP contribution in [-0.2, 0) is 19.0 Å². The number of ether oxygens (including phenoxy) is 3. The monoisotopic (exact) mass is 381 g/mol. The van der Waals surface area contributed by atoms with Crippen molar-refractivity contribution in [1.82, 2.24) is 4.90 Å². The third kappa shape index (κ3) is 2.75. The van der Waals surface area contributed by atoms with Crippen molar-refractivity contribution in [3.05, 3.63) is 59.7 Å². The second kappa shape index (κ2) is 6.61. The zero-order chi connectivity index (χ0) is 19.3. The number of nitrogens with zero attached hydrogens (tertiary/aromatic N) is 1. The molecule has 2 aromatic rings. The molecule has 0 spiro atoms. The van der Waals surface area contributed by atoms with Crippen LogP contribution in [0.2, 0.25) is 0 Å². The number of fused-ring (bicyclic) bond motifs is 5. The Bertz CT molecular complexity index is 898. The van der Waals surface area contributed by atoms with Gasteiger partial charge >= 0.3 is 12.1 Å². The van der Waals surface area contributed by atoms with E-state index in [9.17, 15) is 14.7 Å². The number of hydrogen-bond donors (Lipinski definition) is 1. The predicted molar refractivity (Wildman–Crippen MR) is 97.8 cm³/mol. The second-order valence-corrected chi connectivity index (χ2v) is 7.21. The zero-order valence-electron chi connectivity index (χ0n) is 15.0. The quantitative estimate of drug-likeness (QED) is 0.879. The van der Waals surface area contributed by atoms with Crippen LogP contribution in [0.25, 0.3) is 11.1 Å².